The van der Waals surface area contributed by atoms with Gasteiger partial charge in [0.2, 0.25) is 0 Å². The Hall–Kier alpha value is -2.75. The molecule has 2 aromatic rings. The Morgan fingerprint density at radius 1 is 1.16 bits per heavy atom. The Labute approximate surface area is 179 Å². The van der Waals surface area contributed by atoms with E-state index in [0.717, 1.165) is 36.0 Å². The number of aromatic nitrogens is 3. The highest BCUT2D eigenvalue weighted by molar-refractivity contribution is 5.73. The maximum Gasteiger partial charge on any atom is 0.490 e. The Kier molecular flexibility index (Phi) is 8.32. The lowest BCUT2D eigenvalue weighted by Gasteiger charge is -2.30. The summed E-state index contributed by atoms with van der Waals surface area (Å²) >= 11 is 0. The van der Waals surface area contributed by atoms with Gasteiger partial charge in [0.25, 0.3) is 0 Å². The van der Waals surface area contributed by atoms with Crippen LogP contribution in [0.15, 0.2) is 30.6 Å². The lowest BCUT2D eigenvalue weighted by molar-refractivity contribution is -0.192. The van der Waals surface area contributed by atoms with Gasteiger partial charge in [0.05, 0.1) is 0 Å². The zero-order valence-electron chi connectivity index (χ0n) is 17.9. The van der Waals surface area contributed by atoms with Gasteiger partial charge in [-0.1, -0.05) is 13.8 Å². The zero-order chi connectivity index (χ0) is 23.1. The van der Waals surface area contributed by atoms with Gasteiger partial charge in [-0.05, 0) is 50.4 Å². The number of hydrogen-bond acceptors (Lipinski definition) is 6. The third-order valence-corrected chi connectivity index (χ3v) is 4.63. The molecule has 3 heterocycles. The number of rotatable bonds is 6. The van der Waals surface area contributed by atoms with Gasteiger partial charge >= 0.3 is 12.1 Å². The second-order valence-electron chi connectivity index (χ2n) is 8.26. The molecule has 0 spiro atoms. The molecule has 0 bridgehead atoms. The minimum atomic E-state index is -5.08. The number of alkyl halides is 3. The topological polar surface area (TPSA) is 91.2 Å². The van der Waals surface area contributed by atoms with E-state index in [0.29, 0.717) is 0 Å². The van der Waals surface area contributed by atoms with Gasteiger partial charge in [-0.3, -0.25) is 4.98 Å². The molecule has 1 aliphatic heterocycles. The highest BCUT2D eigenvalue weighted by Gasteiger charge is 2.38. The Balaban J connectivity index is 0.000000423. The predicted molar refractivity (Wildman–Crippen MR) is 112 cm³/mol. The number of aryl methyl sites for hydroxylation is 1. The summed E-state index contributed by atoms with van der Waals surface area (Å²) < 4.78 is 31.7. The third kappa shape index (κ3) is 8.49. The van der Waals surface area contributed by atoms with Crippen molar-refractivity contribution in [3.63, 3.8) is 0 Å². The van der Waals surface area contributed by atoms with Gasteiger partial charge in [0.1, 0.15) is 5.82 Å². The molecule has 170 valence electrons. The van der Waals surface area contributed by atoms with Crippen LogP contribution in [0.2, 0.25) is 0 Å². The van der Waals surface area contributed by atoms with Crippen molar-refractivity contribution in [2.45, 2.75) is 39.8 Å². The first-order valence-corrected chi connectivity index (χ1v) is 9.99. The molecule has 0 unspecified atom stereocenters. The van der Waals surface area contributed by atoms with Crippen LogP contribution in [-0.2, 0) is 4.79 Å². The summed E-state index contributed by atoms with van der Waals surface area (Å²) in [6, 6.07) is 5.89. The molecule has 31 heavy (non-hydrogen) atoms. The first-order valence-electron chi connectivity index (χ1n) is 9.99. The van der Waals surface area contributed by atoms with E-state index in [-0.39, 0.29) is 5.41 Å². The molecule has 10 heteroatoms. The quantitative estimate of drug-likeness (QED) is 0.703. The summed E-state index contributed by atoms with van der Waals surface area (Å²) in [5.41, 5.74) is 2.17. The number of nitrogens with one attached hydrogen (secondary N) is 1. The molecule has 0 saturated carbocycles. The van der Waals surface area contributed by atoms with Crippen molar-refractivity contribution in [3.05, 3.63) is 36.3 Å². The standard InChI is InChI=1S/C19H27N5.C2HF3O2/c1-15-12-17(23-18(22-15)16-6-8-20-9-7-16)21-13-19(2,3)14-24-10-4-5-11-24;3-2(4,5)1(6)7/h6-9,12H,4-5,10-11,13-14H2,1-3H3,(H,21,22,23);(H,6,7). The average molecular weight is 439 g/mol. The van der Waals surface area contributed by atoms with Gasteiger partial charge < -0.3 is 15.3 Å². The number of hydrogen-bond donors (Lipinski definition) is 2. The molecule has 0 aliphatic carbocycles. The van der Waals surface area contributed by atoms with Crippen LogP contribution in [0.1, 0.15) is 32.4 Å². The summed E-state index contributed by atoms with van der Waals surface area (Å²) in [5.74, 6) is -1.12. The number of pyridine rings is 1. The van der Waals surface area contributed by atoms with Crippen LogP contribution < -0.4 is 5.32 Å². The Morgan fingerprint density at radius 2 is 1.74 bits per heavy atom. The van der Waals surface area contributed by atoms with Crippen molar-refractivity contribution >= 4 is 11.8 Å². The second-order valence-corrected chi connectivity index (χ2v) is 8.26. The lowest BCUT2D eigenvalue weighted by Crippen LogP contribution is -2.37. The van der Waals surface area contributed by atoms with E-state index in [1.165, 1.54) is 25.9 Å². The van der Waals surface area contributed by atoms with Crippen molar-refractivity contribution in [2.75, 3.05) is 31.5 Å². The zero-order valence-corrected chi connectivity index (χ0v) is 17.9. The summed E-state index contributed by atoms with van der Waals surface area (Å²) in [7, 11) is 0. The van der Waals surface area contributed by atoms with Crippen LogP contribution in [0.5, 0.6) is 0 Å². The first-order chi connectivity index (χ1) is 14.5. The largest absolute Gasteiger partial charge is 0.490 e. The van der Waals surface area contributed by atoms with Crippen molar-refractivity contribution in [1.82, 2.24) is 19.9 Å². The summed E-state index contributed by atoms with van der Waals surface area (Å²) in [5, 5.41) is 10.6. The van der Waals surface area contributed by atoms with Crippen molar-refractivity contribution < 1.29 is 23.1 Å². The molecule has 0 amide bonds. The minimum absolute atomic E-state index is 0.208. The fourth-order valence-corrected chi connectivity index (χ4v) is 3.22. The molecule has 3 rings (SSSR count). The highest BCUT2D eigenvalue weighted by atomic mass is 19.4. The first kappa shape index (κ1) is 24.5. The molecule has 0 atom stereocenters. The molecule has 0 aromatic carbocycles. The number of anilines is 1. The van der Waals surface area contributed by atoms with E-state index >= 15 is 0 Å². The number of carboxylic acids is 1. The van der Waals surface area contributed by atoms with Crippen molar-refractivity contribution in [1.29, 1.82) is 0 Å². The van der Waals surface area contributed by atoms with Crippen LogP contribution >= 0.6 is 0 Å². The maximum atomic E-state index is 10.6. The van der Waals surface area contributed by atoms with Gasteiger partial charge in [-0.25, -0.2) is 14.8 Å². The van der Waals surface area contributed by atoms with Gasteiger partial charge in [0.15, 0.2) is 5.82 Å². The SMILES string of the molecule is Cc1cc(NCC(C)(C)CN2CCCC2)nc(-c2ccncc2)n1.O=C(O)C(F)(F)F. The van der Waals surface area contributed by atoms with Crippen LogP contribution in [0.25, 0.3) is 11.4 Å². The molecule has 1 fully saturated rings. The van der Waals surface area contributed by atoms with Crippen molar-refractivity contribution in [3.8, 4) is 11.4 Å². The number of carboxylic acid groups (broad SMARTS) is 1. The fourth-order valence-electron chi connectivity index (χ4n) is 3.22. The molecule has 1 aliphatic rings. The molecule has 0 radical (unpaired) electrons. The van der Waals surface area contributed by atoms with E-state index in [1.54, 1.807) is 12.4 Å². The van der Waals surface area contributed by atoms with Crippen molar-refractivity contribution in [2.24, 2.45) is 5.41 Å². The van der Waals surface area contributed by atoms with Crippen LogP contribution in [0.3, 0.4) is 0 Å². The fraction of sp³-hybridized carbons (Fsp3) is 0.524. The number of halogens is 3. The van der Waals surface area contributed by atoms with E-state index in [2.05, 4.69) is 39.0 Å². The van der Waals surface area contributed by atoms with Crippen LogP contribution in [-0.4, -0.2) is 63.3 Å². The lowest BCUT2D eigenvalue weighted by atomic mass is 9.93. The number of carbonyl (C=O) groups is 1. The van der Waals surface area contributed by atoms with E-state index in [9.17, 15) is 13.2 Å². The Bertz CT molecular complexity index is 854. The van der Waals surface area contributed by atoms with Crippen LogP contribution in [0.4, 0.5) is 19.0 Å². The second kappa shape index (κ2) is 10.5. The van der Waals surface area contributed by atoms with E-state index in [4.69, 9.17) is 9.90 Å². The minimum Gasteiger partial charge on any atom is -0.475 e. The molecule has 7 nitrogen and oxygen atoms in total. The molecular formula is C21H28F3N5O2. The average Bonchev–Trinajstić information content (AvgIpc) is 3.19. The number of nitrogens with zero attached hydrogens (tertiary/aromatic N) is 4. The summed E-state index contributed by atoms with van der Waals surface area (Å²) in [6.45, 7) is 11.1. The summed E-state index contributed by atoms with van der Waals surface area (Å²) in [6.07, 6.45) is 1.13. The molecular weight excluding hydrogens is 411 g/mol. The third-order valence-electron chi connectivity index (χ3n) is 4.63. The molecule has 2 aromatic heterocycles. The molecule has 2 N–H and O–H groups in total. The highest BCUT2D eigenvalue weighted by Crippen LogP contribution is 2.22. The number of aliphatic carboxylic acids is 1. The van der Waals surface area contributed by atoms with Crippen LogP contribution in [0, 0.1) is 12.3 Å². The normalized spacial score (nSPS) is 14.6. The van der Waals surface area contributed by atoms with Gasteiger partial charge in [0, 0.05) is 42.8 Å². The Morgan fingerprint density at radius 3 is 2.29 bits per heavy atom. The smallest absolute Gasteiger partial charge is 0.475 e. The van der Waals surface area contributed by atoms with E-state index in [1.807, 2.05) is 25.1 Å². The summed E-state index contributed by atoms with van der Waals surface area (Å²) in [4.78, 5) is 24.7. The molecule has 1 saturated heterocycles. The van der Waals surface area contributed by atoms with Gasteiger partial charge in [-0.2, -0.15) is 13.2 Å². The number of likely N-dealkylation sites (tertiary alicyclic amines) is 1. The maximum absolute atomic E-state index is 10.6. The van der Waals surface area contributed by atoms with E-state index < -0.39 is 12.1 Å². The van der Waals surface area contributed by atoms with Gasteiger partial charge in [-0.15, -0.1) is 0 Å². The predicted octanol–water partition coefficient (Wildman–Crippen LogP) is 4.01. The monoisotopic (exact) mass is 439 g/mol.